The zero-order valence-electron chi connectivity index (χ0n) is 15.1. The van der Waals surface area contributed by atoms with E-state index in [2.05, 4.69) is 5.16 Å². The second-order valence-corrected chi connectivity index (χ2v) is 9.53. The molecule has 2 N–H and O–H groups in total. The van der Waals surface area contributed by atoms with Crippen molar-refractivity contribution in [1.29, 1.82) is 0 Å². The molecule has 9 nitrogen and oxygen atoms in total. The van der Waals surface area contributed by atoms with Crippen molar-refractivity contribution >= 4 is 34.7 Å². The van der Waals surface area contributed by atoms with Crippen LogP contribution in [0.3, 0.4) is 0 Å². The Morgan fingerprint density at radius 3 is 2.58 bits per heavy atom. The van der Waals surface area contributed by atoms with Crippen molar-refractivity contribution in [3.05, 3.63) is 22.3 Å². The fraction of sp³-hybridized carbons (Fsp3) is 0.643. The number of rotatable bonds is 9. The smallest absolute Gasteiger partial charge is 0.427 e. The van der Waals surface area contributed by atoms with E-state index in [1.807, 2.05) is 0 Å². The van der Waals surface area contributed by atoms with E-state index in [0.717, 1.165) is 16.1 Å². The van der Waals surface area contributed by atoms with Gasteiger partial charge < -0.3 is 24.0 Å². The first-order chi connectivity index (χ1) is 12.2. The number of nitrogens with zero attached hydrogens (tertiary/aromatic N) is 2. The Balaban J connectivity index is 2.35. The van der Waals surface area contributed by atoms with Crippen LogP contribution in [0.15, 0.2) is 15.5 Å². The third-order valence-electron chi connectivity index (χ3n) is 4.00. The summed E-state index contributed by atoms with van der Waals surface area (Å²) in [5, 5.41) is 23.0. The van der Waals surface area contributed by atoms with Crippen molar-refractivity contribution in [1.82, 2.24) is 5.16 Å². The molecule has 2 heterocycles. The minimum Gasteiger partial charge on any atom is -0.427 e. The quantitative estimate of drug-likeness (QED) is 0.349. The number of aromatic nitrogens is 1. The molecule has 12 heteroatoms. The van der Waals surface area contributed by atoms with Gasteiger partial charge in [-0.25, -0.2) is 12.7 Å². The Labute approximate surface area is 157 Å². The second kappa shape index (κ2) is 8.76. The summed E-state index contributed by atoms with van der Waals surface area (Å²) in [4.78, 5) is 0.699. The molecule has 0 radical (unpaired) electrons. The van der Waals surface area contributed by atoms with Crippen LogP contribution in [0.4, 0.5) is 5.82 Å². The number of methoxy groups -OCH3 is 1. The number of anilines is 1. The molecule has 0 saturated carbocycles. The molecule has 2 unspecified atom stereocenters. The van der Waals surface area contributed by atoms with Gasteiger partial charge in [-0.3, -0.25) is 0 Å². The Bertz CT molecular complexity index is 750. The van der Waals surface area contributed by atoms with Crippen LogP contribution < -0.4 is 4.31 Å². The van der Waals surface area contributed by atoms with Crippen molar-refractivity contribution in [2.45, 2.75) is 31.2 Å². The minimum absolute atomic E-state index is 0.122. The monoisotopic (exact) mass is 406 g/mol. The van der Waals surface area contributed by atoms with Gasteiger partial charge in [-0.15, -0.1) is 11.8 Å². The molecule has 0 spiro atoms. The molecule has 2 atom stereocenters. The molecule has 0 bridgehead atoms. The van der Waals surface area contributed by atoms with Gasteiger partial charge in [0.25, 0.3) is 10.0 Å². The van der Waals surface area contributed by atoms with Crippen molar-refractivity contribution in [3.63, 3.8) is 0 Å². The van der Waals surface area contributed by atoms with Gasteiger partial charge in [-0.1, -0.05) is 11.2 Å². The summed E-state index contributed by atoms with van der Waals surface area (Å²) in [7, 11) is -4.32. The van der Waals surface area contributed by atoms with Crippen LogP contribution in [-0.2, 0) is 19.5 Å². The van der Waals surface area contributed by atoms with Crippen molar-refractivity contribution in [3.8, 4) is 0 Å². The SMILES string of the molecule is COCCOCN(c1noc(C)c1C)S(=O)(=O)C1SC(C)=CC1B(O)O. The number of hydrogen-bond acceptors (Lipinski definition) is 9. The summed E-state index contributed by atoms with van der Waals surface area (Å²) in [6.07, 6.45) is 1.54. The largest absolute Gasteiger partial charge is 0.461 e. The molecule has 1 aliphatic rings. The second-order valence-electron chi connectivity index (χ2n) is 5.87. The summed E-state index contributed by atoms with van der Waals surface area (Å²) in [6.45, 7) is 5.31. The Morgan fingerprint density at radius 1 is 1.35 bits per heavy atom. The standard InChI is InChI=1S/C14H23BN2O7S2/c1-9-7-12(15(18)19)14(25-9)26(20,21)17(8-23-6-5-22-4)13-10(2)11(3)24-16-13/h7,12,14,18-19H,5-6,8H2,1-4H3. The molecule has 0 aromatic carbocycles. The molecule has 0 fully saturated rings. The van der Waals surface area contributed by atoms with Crippen LogP contribution in [0.2, 0.25) is 5.82 Å². The van der Waals surface area contributed by atoms with Crippen molar-refractivity contribution in [2.75, 3.05) is 31.4 Å². The number of allylic oxidation sites excluding steroid dienone is 2. The minimum atomic E-state index is -4.04. The highest BCUT2D eigenvalue weighted by Gasteiger charge is 2.47. The summed E-state index contributed by atoms with van der Waals surface area (Å²) < 4.78 is 41.9. The predicted octanol–water partition coefficient (Wildman–Crippen LogP) is 0.868. The highest BCUT2D eigenvalue weighted by molar-refractivity contribution is 8.16. The third kappa shape index (κ3) is 4.43. The van der Waals surface area contributed by atoms with Crippen LogP contribution in [0.5, 0.6) is 0 Å². The predicted molar refractivity (Wildman–Crippen MR) is 99.1 cm³/mol. The van der Waals surface area contributed by atoms with E-state index < -0.39 is 27.5 Å². The molecule has 1 aromatic rings. The first kappa shape index (κ1) is 21.3. The molecule has 1 aliphatic heterocycles. The molecule has 1 aromatic heterocycles. The van der Waals surface area contributed by atoms with E-state index in [1.165, 1.54) is 7.11 Å². The zero-order chi connectivity index (χ0) is 19.5. The van der Waals surface area contributed by atoms with Gasteiger partial charge >= 0.3 is 7.12 Å². The van der Waals surface area contributed by atoms with Gasteiger partial charge in [0.1, 0.15) is 17.1 Å². The summed E-state index contributed by atoms with van der Waals surface area (Å²) in [5.41, 5.74) is 0.567. The Morgan fingerprint density at radius 2 is 2.04 bits per heavy atom. The lowest BCUT2D eigenvalue weighted by molar-refractivity contribution is 0.0752. The topological polar surface area (TPSA) is 122 Å². The fourth-order valence-electron chi connectivity index (χ4n) is 2.45. The lowest BCUT2D eigenvalue weighted by Gasteiger charge is -2.28. The first-order valence-electron chi connectivity index (χ1n) is 7.92. The van der Waals surface area contributed by atoms with E-state index in [0.29, 0.717) is 22.8 Å². The van der Waals surface area contributed by atoms with Gasteiger partial charge in [0.15, 0.2) is 5.82 Å². The average Bonchev–Trinajstić information content (AvgIpc) is 3.12. The first-order valence-corrected chi connectivity index (χ1v) is 10.3. The molecule has 26 heavy (non-hydrogen) atoms. The van der Waals surface area contributed by atoms with Crippen LogP contribution in [-0.4, -0.2) is 62.4 Å². The molecule has 0 aliphatic carbocycles. The maximum absolute atomic E-state index is 13.3. The van der Waals surface area contributed by atoms with Crippen LogP contribution in [0.25, 0.3) is 0 Å². The van der Waals surface area contributed by atoms with Crippen LogP contribution in [0.1, 0.15) is 18.2 Å². The summed E-state index contributed by atoms with van der Waals surface area (Å²) >= 11 is 1.06. The molecule has 2 rings (SSSR count). The highest BCUT2D eigenvalue weighted by atomic mass is 32.3. The lowest BCUT2D eigenvalue weighted by Crippen LogP contribution is -2.43. The number of thioether (sulfide) groups is 1. The normalized spacial score (nSPS) is 20.3. The molecule has 146 valence electrons. The maximum Gasteiger partial charge on any atom is 0.461 e. The van der Waals surface area contributed by atoms with Gasteiger partial charge in [0.05, 0.1) is 13.2 Å². The van der Waals surface area contributed by atoms with Gasteiger partial charge in [0.2, 0.25) is 0 Å². The number of hydrogen-bond donors (Lipinski definition) is 2. The summed E-state index contributed by atoms with van der Waals surface area (Å²) in [5.74, 6) is -0.347. The zero-order valence-corrected chi connectivity index (χ0v) is 16.7. The van der Waals surface area contributed by atoms with Crippen LogP contribution in [0, 0.1) is 13.8 Å². The number of ether oxygens (including phenoxy) is 2. The summed E-state index contributed by atoms with van der Waals surface area (Å²) in [6, 6.07) is 0. The van der Waals surface area contributed by atoms with E-state index in [4.69, 9.17) is 14.0 Å². The van der Waals surface area contributed by atoms with E-state index >= 15 is 0 Å². The van der Waals surface area contributed by atoms with Crippen molar-refractivity contribution < 1.29 is 32.5 Å². The molecule has 0 saturated heterocycles. The third-order valence-corrected chi connectivity index (χ3v) is 7.86. The van der Waals surface area contributed by atoms with E-state index in [9.17, 15) is 18.5 Å². The van der Waals surface area contributed by atoms with Gasteiger partial charge in [-0.05, 0) is 25.7 Å². The maximum atomic E-state index is 13.3. The van der Waals surface area contributed by atoms with Gasteiger partial charge in [0, 0.05) is 18.5 Å². The van der Waals surface area contributed by atoms with Gasteiger partial charge in [-0.2, -0.15) is 0 Å². The van der Waals surface area contributed by atoms with Crippen molar-refractivity contribution in [2.24, 2.45) is 0 Å². The van der Waals surface area contributed by atoms with E-state index in [-0.39, 0.29) is 19.2 Å². The molecular weight excluding hydrogens is 383 g/mol. The van der Waals surface area contributed by atoms with E-state index in [1.54, 1.807) is 26.8 Å². The Kier molecular flexibility index (Phi) is 7.16. The number of sulfonamides is 1. The molecular formula is C14H23BN2O7S2. The average molecular weight is 406 g/mol. The number of aryl methyl sites for hydroxylation is 1. The fourth-order valence-corrected chi connectivity index (χ4v) is 6.18. The highest BCUT2D eigenvalue weighted by Crippen LogP contribution is 2.45. The Hall–Kier alpha value is -1.05. The lowest BCUT2D eigenvalue weighted by atomic mass is 9.74. The molecule has 0 amide bonds. The van der Waals surface area contributed by atoms with Crippen LogP contribution >= 0.6 is 11.8 Å².